The standard InChI is InChI=1S/C16H16ClN5O/c1-10-7-11(2)22(21-10)16-14(9-23)18-8-15(20-16)19-13-5-3-12(17)4-6-13/h3-8,23H,9H2,1-2H3,(H,19,20). The number of benzene rings is 1. The molecule has 0 spiro atoms. The Bertz CT molecular complexity index is 829. The highest BCUT2D eigenvalue weighted by molar-refractivity contribution is 6.30. The normalized spacial score (nSPS) is 10.8. The van der Waals surface area contributed by atoms with Crippen molar-refractivity contribution < 1.29 is 5.11 Å². The maximum absolute atomic E-state index is 9.51. The molecule has 23 heavy (non-hydrogen) atoms. The molecular weight excluding hydrogens is 314 g/mol. The van der Waals surface area contributed by atoms with Crippen LogP contribution in [0.3, 0.4) is 0 Å². The molecule has 7 heteroatoms. The van der Waals surface area contributed by atoms with Crippen molar-refractivity contribution in [1.82, 2.24) is 19.7 Å². The molecule has 0 aliphatic heterocycles. The Hall–Kier alpha value is -2.44. The van der Waals surface area contributed by atoms with E-state index in [4.69, 9.17) is 11.6 Å². The van der Waals surface area contributed by atoms with Crippen LogP contribution in [0.4, 0.5) is 11.5 Å². The number of hydrogen-bond acceptors (Lipinski definition) is 5. The molecule has 118 valence electrons. The Labute approximate surface area is 138 Å². The first-order valence-corrected chi connectivity index (χ1v) is 7.47. The lowest BCUT2D eigenvalue weighted by atomic mass is 10.3. The largest absolute Gasteiger partial charge is 0.390 e. The maximum atomic E-state index is 9.51. The minimum atomic E-state index is -0.206. The minimum Gasteiger partial charge on any atom is -0.390 e. The summed E-state index contributed by atoms with van der Waals surface area (Å²) >= 11 is 5.88. The van der Waals surface area contributed by atoms with Gasteiger partial charge in [-0.3, -0.25) is 4.98 Å². The zero-order valence-electron chi connectivity index (χ0n) is 12.8. The van der Waals surface area contributed by atoms with Crippen LogP contribution in [0, 0.1) is 13.8 Å². The van der Waals surface area contributed by atoms with Gasteiger partial charge in [-0.25, -0.2) is 9.67 Å². The number of nitrogens with zero attached hydrogens (tertiary/aromatic N) is 4. The van der Waals surface area contributed by atoms with Crippen LogP contribution in [0.1, 0.15) is 17.1 Å². The first-order valence-electron chi connectivity index (χ1n) is 7.10. The van der Waals surface area contributed by atoms with Crippen molar-refractivity contribution in [1.29, 1.82) is 0 Å². The molecule has 2 N–H and O–H groups in total. The molecule has 2 heterocycles. The molecule has 0 bridgehead atoms. The second kappa shape index (κ2) is 6.36. The van der Waals surface area contributed by atoms with E-state index in [-0.39, 0.29) is 6.61 Å². The highest BCUT2D eigenvalue weighted by atomic mass is 35.5. The Balaban J connectivity index is 1.99. The maximum Gasteiger partial charge on any atom is 0.179 e. The Morgan fingerprint density at radius 2 is 1.96 bits per heavy atom. The first kappa shape index (κ1) is 15.5. The number of aliphatic hydroxyl groups is 1. The van der Waals surface area contributed by atoms with Gasteiger partial charge >= 0.3 is 0 Å². The van der Waals surface area contributed by atoms with E-state index in [1.165, 1.54) is 0 Å². The third-order valence-electron chi connectivity index (χ3n) is 3.30. The fraction of sp³-hybridized carbons (Fsp3) is 0.188. The van der Waals surface area contributed by atoms with Crippen molar-refractivity contribution in [2.24, 2.45) is 0 Å². The van der Waals surface area contributed by atoms with Crippen molar-refractivity contribution in [3.05, 3.63) is 58.6 Å². The minimum absolute atomic E-state index is 0.206. The van der Waals surface area contributed by atoms with E-state index in [1.54, 1.807) is 23.0 Å². The number of aryl methyl sites for hydroxylation is 2. The number of rotatable bonds is 4. The highest BCUT2D eigenvalue weighted by Crippen LogP contribution is 2.20. The van der Waals surface area contributed by atoms with Gasteiger partial charge in [-0.15, -0.1) is 0 Å². The average Bonchev–Trinajstić information content (AvgIpc) is 2.88. The van der Waals surface area contributed by atoms with Crippen LogP contribution in [0.5, 0.6) is 0 Å². The van der Waals surface area contributed by atoms with Crippen LogP contribution in [0.25, 0.3) is 5.82 Å². The number of aliphatic hydroxyl groups excluding tert-OH is 1. The van der Waals surface area contributed by atoms with E-state index in [1.807, 2.05) is 32.0 Å². The van der Waals surface area contributed by atoms with Gasteiger partial charge in [0.15, 0.2) is 11.6 Å². The lowest BCUT2D eigenvalue weighted by Gasteiger charge is -2.11. The Morgan fingerprint density at radius 3 is 2.57 bits per heavy atom. The zero-order chi connectivity index (χ0) is 16.4. The van der Waals surface area contributed by atoms with Crippen LogP contribution in [0.2, 0.25) is 5.02 Å². The summed E-state index contributed by atoms with van der Waals surface area (Å²) in [7, 11) is 0. The van der Waals surface area contributed by atoms with Crippen LogP contribution in [-0.4, -0.2) is 24.9 Å². The summed E-state index contributed by atoms with van der Waals surface area (Å²) in [6, 6.07) is 9.24. The van der Waals surface area contributed by atoms with Gasteiger partial charge in [0.25, 0.3) is 0 Å². The molecule has 0 aliphatic carbocycles. The van der Waals surface area contributed by atoms with Gasteiger partial charge in [-0.2, -0.15) is 5.10 Å². The summed E-state index contributed by atoms with van der Waals surface area (Å²) in [5.41, 5.74) is 3.12. The zero-order valence-corrected chi connectivity index (χ0v) is 13.5. The molecule has 0 radical (unpaired) electrons. The molecular formula is C16H16ClN5O. The van der Waals surface area contributed by atoms with Gasteiger partial charge < -0.3 is 10.4 Å². The van der Waals surface area contributed by atoms with Crippen LogP contribution in [-0.2, 0) is 6.61 Å². The third-order valence-corrected chi connectivity index (χ3v) is 3.56. The number of aromatic nitrogens is 4. The van der Waals surface area contributed by atoms with Gasteiger partial charge in [0.2, 0.25) is 0 Å². The molecule has 6 nitrogen and oxygen atoms in total. The molecule has 0 saturated carbocycles. The molecule has 0 amide bonds. The smallest absolute Gasteiger partial charge is 0.179 e. The predicted octanol–water partition coefficient (Wildman–Crippen LogP) is 3.17. The summed E-state index contributed by atoms with van der Waals surface area (Å²) in [6.45, 7) is 3.63. The van der Waals surface area contributed by atoms with Gasteiger partial charge in [-0.1, -0.05) is 11.6 Å². The SMILES string of the molecule is Cc1cc(C)n(-c2nc(Nc3ccc(Cl)cc3)cnc2CO)n1. The predicted molar refractivity (Wildman–Crippen MR) is 89.3 cm³/mol. The lowest BCUT2D eigenvalue weighted by Crippen LogP contribution is -2.10. The second-order valence-corrected chi connectivity index (χ2v) is 5.59. The van der Waals surface area contributed by atoms with Crippen molar-refractivity contribution in [2.45, 2.75) is 20.5 Å². The van der Waals surface area contributed by atoms with Crippen molar-refractivity contribution in [3.8, 4) is 5.82 Å². The topological polar surface area (TPSA) is 75.9 Å². The average molecular weight is 330 g/mol. The van der Waals surface area contributed by atoms with Crippen LogP contribution in [0.15, 0.2) is 36.5 Å². The molecule has 3 rings (SSSR count). The summed E-state index contributed by atoms with van der Waals surface area (Å²) in [5, 5.41) is 17.7. The van der Waals surface area contributed by atoms with E-state index in [9.17, 15) is 5.11 Å². The summed E-state index contributed by atoms with van der Waals surface area (Å²) in [6.07, 6.45) is 1.58. The molecule has 0 saturated heterocycles. The van der Waals surface area contributed by atoms with E-state index in [2.05, 4.69) is 20.4 Å². The number of hydrogen-bond donors (Lipinski definition) is 2. The van der Waals surface area contributed by atoms with Crippen molar-refractivity contribution >= 4 is 23.1 Å². The van der Waals surface area contributed by atoms with E-state index in [0.29, 0.717) is 22.4 Å². The van der Waals surface area contributed by atoms with Gasteiger partial charge in [0, 0.05) is 16.4 Å². The summed E-state index contributed by atoms with van der Waals surface area (Å²) < 4.78 is 1.68. The van der Waals surface area contributed by atoms with E-state index in [0.717, 1.165) is 17.1 Å². The molecule has 0 aliphatic rings. The monoisotopic (exact) mass is 329 g/mol. The highest BCUT2D eigenvalue weighted by Gasteiger charge is 2.13. The number of halogens is 1. The summed E-state index contributed by atoms with van der Waals surface area (Å²) in [4.78, 5) is 8.82. The van der Waals surface area contributed by atoms with Crippen molar-refractivity contribution in [2.75, 3.05) is 5.32 Å². The van der Waals surface area contributed by atoms with E-state index < -0.39 is 0 Å². The Morgan fingerprint density at radius 1 is 1.22 bits per heavy atom. The van der Waals surface area contributed by atoms with Gasteiger partial charge in [0.1, 0.15) is 5.69 Å². The molecule has 2 aromatic heterocycles. The van der Waals surface area contributed by atoms with Crippen molar-refractivity contribution in [3.63, 3.8) is 0 Å². The molecule has 0 fully saturated rings. The number of nitrogens with one attached hydrogen (secondary N) is 1. The second-order valence-electron chi connectivity index (χ2n) is 5.15. The molecule has 0 unspecified atom stereocenters. The lowest BCUT2D eigenvalue weighted by molar-refractivity contribution is 0.275. The quantitative estimate of drug-likeness (QED) is 0.769. The fourth-order valence-electron chi connectivity index (χ4n) is 2.27. The third kappa shape index (κ3) is 3.33. The Kier molecular flexibility index (Phi) is 4.27. The van der Waals surface area contributed by atoms with Crippen LogP contribution >= 0.6 is 11.6 Å². The molecule has 3 aromatic rings. The molecule has 0 atom stereocenters. The fourth-order valence-corrected chi connectivity index (χ4v) is 2.40. The van der Waals surface area contributed by atoms with Crippen LogP contribution < -0.4 is 5.32 Å². The van der Waals surface area contributed by atoms with E-state index >= 15 is 0 Å². The first-order chi connectivity index (χ1) is 11.1. The van der Waals surface area contributed by atoms with Gasteiger partial charge in [0.05, 0.1) is 18.5 Å². The molecule has 1 aromatic carbocycles. The number of anilines is 2. The van der Waals surface area contributed by atoms with Gasteiger partial charge in [-0.05, 0) is 44.2 Å². The summed E-state index contributed by atoms with van der Waals surface area (Å²) in [5.74, 6) is 1.07.